The summed E-state index contributed by atoms with van der Waals surface area (Å²) in [5.74, 6) is 3.53. The molecule has 0 bridgehead atoms. The maximum absolute atomic E-state index is 14.5. The minimum absolute atomic E-state index is 0.160. The van der Waals surface area contributed by atoms with Gasteiger partial charge in [0.05, 0.1) is 25.4 Å². The van der Waals surface area contributed by atoms with E-state index < -0.39 is 23.7 Å². The summed E-state index contributed by atoms with van der Waals surface area (Å²) in [5.41, 5.74) is 1.37. The second-order valence-corrected chi connectivity index (χ2v) is 7.11. The molecule has 3 aromatic rings. The van der Waals surface area contributed by atoms with Crippen LogP contribution in [0.4, 0.5) is 13.2 Å². The summed E-state index contributed by atoms with van der Waals surface area (Å²) in [6.07, 6.45) is -0.620. The molecule has 0 amide bonds. The van der Waals surface area contributed by atoms with Gasteiger partial charge < -0.3 is 14.2 Å². The Balaban J connectivity index is 1.51. The highest BCUT2D eigenvalue weighted by molar-refractivity contribution is 5.84. The van der Waals surface area contributed by atoms with Crippen LogP contribution >= 0.6 is 0 Å². The molecular weight excluding hydrogens is 393 g/mol. The summed E-state index contributed by atoms with van der Waals surface area (Å²) >= 11 is 0. The zero-order chi connectivity index (χ0) is 21.1. The predicted octanol–water partition coefficient (Wildman–Crippen LogP) is 4.96. The molecule has 6 heteroatoms. The van der Waals surface area contributed by atoms with Gasteiger partial charge in [-0.1, -0.05) is 30.0 Å². The third-order valence-corrected chi connectivity index (χ3v) is 4.88. The van der Waals surface area contributed by atoms with Crippen LogP contribution in [0.15, 0.2) is 48.5 Å². The molecule has 0 unspecified atom stereocenters. The number of halogens is 3. The van der Waals surface area contributed by atoms with Crippen molar-refractivity contribution in [3.63, 3.8) is 0 Å². The number of fused-ring (bicyclic) bond motifs is 1. The Morgan fingerprint density at radius 1 is 0.933 bits per heavy atom. The van der Waals surface area contributed by atoms with Crippen LogP contribution in [0, 0.1) is 35.2 Å². The van der Waals surface area contributed by atoms with E-state index in [2.05, 4.69) is 11.8 Å². The van der Waals surface area contributed by atoms with Crippen LogP contribution in [0.1, 0.15) is 23.0 Å². The number of hydrogen-bond donors (Lipinski definition) is 0. The smallest absolute Gasteiger partial charge is 0.183 e. The fourth-order valence-corrected chi connectivity index (χ4v) is 3.33. The van der Waals surface area contributed by atoms with Crippen molar-refractivity contribution in [2.45, 2.75) is 6.29 Å². The van der Waals surface area contributed by atoms with E-state index in [1.165, 1.54) is 18.2 Å². The minimum Gasteiger partial charge on any atom is -0.384 e. The standard InChI is InChI=1S/C24H19F3O3/c1-28-12-16-13-29-24(30-14-16)19-6-5-17(22(26)11-19)4-2-15-3-8-20-18(10-15)7-9-21(25)23(20)27/h3,5-11,16,24H,12-14H2,1H3. The van der Waals surface area contributed by atoms with Crippen LogP contribution in [0.25, 0.3) is 10.8 Å². The molecule has 3 nitrogen and oxygen atoms in total. The highest BCUT2D eigenvalue weighted by Crippen LogP contribution is 2.26. The van der Waals surface area contributed by atoms with Crippen molar-refractivity contribution in [1.82, 2.24) is 0 Å². The average Bonchev–Trinajstić information content (AvgIpc) is 2.76. The van der Waals surface area contributed by atoms with E-state index in [-0.39, 0.29) is 16.9 Å². The number of hydrogen-bond acceptors (Lipinski definition) is 3. The molecule has 1 fully saturated rings. The van der Waals surface area contributed by atoms with Gasteiger partial charge in [0.1, 0.15) is 5.82 Å². The fraction of sp³-hybridized carbons (Fsp3) is 0.250. The lowest BCUT2D eigenvalue weighted by atomic mass is 10.1. The van der Waals surface area contributed by atoms with Crippen LogP contribution in [-0.4, -0.2) is 26.9 Å². The highest BCUT2D eigenvalue weighted by atomic mass is 19.2. The maximum atomic E-state index is 14.5. The van der Waals surface area contributed by atoms with Crippen molar-refractivity contribution in [3.8, 4) is 11.8 Å². The van der Waals surface area contributed by atoms with E-state index in [1.807, 2.05) is 0 Å². The van der Waals surface area contributed by atoms with Gasteiger partial charge >= 0.3 is 0 Å². The van der Waals surface area contributed by atoms with Gasteiger partial charge in [0.25, 0.3) is 0 Å². The van der Waals surface area contributed by atoms with E-state index in [4.69, 9.17) is 14.2 Å². The zero-order valence-electron chi connectivity index (χ0n) is 16.3. The lowest BCUT2D eigenvalue weighted by Crippen LogP contribution is -2.29. The van der Waals surface area contributed by atoms with E-state index in [1.54, 1.807) is 31.4 Å². The summed E-state index contributed by atoms with van der Waals surface area (Å²) in [4.78, 5) is 0. The van der Waals surface area contributed by atoms with Gasteiger partial charge in [0, 0.05) is 29.5 Å². The second-order valence-electron chi connectivity index (χ2n) is 7.11. The molecule has 0 spiro atoms. The predicted molar refractivity (Wildman–Crippen MR) is 106 cm³/mol. The Bertz CT molecular complexity index is 1130. The van der Waals surface area contributed by atoms with Crippen LogP contribution < -0.4 is 0 Å². The number of benzene rings is 3. The quantitative estimate of drug-likeness (QED) is 0.569. The molecule has 1 aliphatic rings. The Kier molecular flexibility index (Phi) is 6.05. The Morgan fingerprint density at radius 3 is 2.47 bits per heavy atom. The van der Waals surface area contributed by atoms with Crippen LogP contribution in [0.5, 0.6) is 0 Å². The molecule has 30 heavy (non-hydrogen) atoms. The summed E-state index contributed by atoms with van der Waals surface area (Å²) in [5, 5.41) is 0.700. The monoisotopic (exact) mass is 412 g/mol. The van der Waals surface area contributed by atoms with Crippen molar-refractivity contribution >= 4 is 10.8 Å². The lowest BCUT2D eigenvalue weighted by molar-refractivity contribution is -0.211. The first-order valence-corrected chi connectivity index (χ1v) is 9.46. The van der Waals surface area contributed by atoms with E-state index >= 15 is 0 Å². The van der Waals surface area contributed by atoms with Gasteiger partial charge in [-0.2, -0.15) is 0 Å². The van der Waals surface area contributed by atoms with Gasteiger partial charge in [0.2, 0.25) is 0 Å². The molecule has 3 aromatic carbocycles. The molecule has 4 rings (SSSR count). The third kappa shape index (κ3) is 4.34. The minimum atomic E-state index is -0.899. The van der Waals surface area contributed by atoms with E-state index in [0.29, 0.717) is 36.3 Å². The number of methoxy groups -OCH3 is 1. The molecule has 154 valence electrons. The molecule has 1 saturated heterocycles. The second kappa shape index (κ2) is 8.88. The van der Waals surface area contributed by atoms with Gasteiger partial charge in [-0.05, 0) is 35.7 Å². The molecule has 1 aliphatic heterocycles. The topological polar surface area (TPSA) is 27.7 Å². The molecule has 0 N–H and O–H groups in total. The van der Waals surface area contributed by atoms with Gasteiger partial charge in [-0.15, -0.1) is 0 Å². The average molecular weight is 412 g/mol. The summed E-state index contributed by atoms with van der Waals surface area (Å²) in [7, 11) is 1.62. The first kappa shape index (κ1) is 20.4. The molecule has 0 atom stereocenters. The van der Waals surface area contributed by atoms with Crippen molar-refractivity contribution in [1.29, 1.82) is 0 Å². The van der Waals surface area contributed by atoms with E-state index in [0.717, 1.165) is 6.07 Å². The Hall–Kier alpha value is -2.85. The van der Waals surface area contributed by atoms with Gasteiger partial charge in [0.15, 0.2) is 17.9 Å². The first-order valence-electron chi connectivity index (χ1n) is 9.46. The van der Waals surface area contributed by atoms with Crippen molar-refractivity contribution in [2.24, 2.45) is 5.92 Å². The summed E-state index contributed by atoms with van der Waals surface area (Å²) < 4.78 is 58.0. The zero-order valence-corrected chi connectivity index (χ0v) is 16.3. The molecular formula is C24H19F3O3. The summed E-state index contributed by atoms with van der Waals surface area (Å²) in [6.45, 7) is 1.51. The van der Waals surface area contributed by atoms with Gasteiger partial charge in [-0.25, -0.2) is 13.2 Å². The summed E-state index contributed by atoms with van der Waals surface area (Å²) in [6, 6.07) is 11.9. The largest absolute Gasteiger partial charge is 0.384 e. The third-order valence-electron chi connectivity index (χ3n) is 4.88. The lowest BCUT2D eigenvalue weighted by Gasteiger charge is -2.29. The van der Waals surface area contributed by atoms with Crippen LogP contribution in [0.3, 0.4) is 0 Å². The highest BCUT2D eigenvalue weighted by Gasteiger charge is 2.24. The normalized spacial score (nSPS) is 18.8. The Labute approximate surface area is 172 Å². The van der Waals surface area contributed by atoms with Crippen LogP contribution in [0.2, 0.25) is 0 Å². The molecule has 1 heterocycles. The van der Waals surface area contributed by atoms with Crippen molar-refractivity contribution in [2.75, 3.05) is 26.9 Å². The Morgan fingerprint density at radius 2 is 1.73 bits per heavy atom. The SMILES string of the molecule is COCC1COC(c2ccc(C#Cc3ccc4c(F)c(F)ccc4c3)c(F)c2)OC1. The van der Waals surface area contributed by atoms with Gasteiger partial charge in [-0.3, -0.25) is 0 Å². The van der Waals surface area contributed by atoms with Crippen molar-refractivity contribution in [3.05, 3.63) is 82.7 Å². The number of ether oxygens (including phenoxy) is 3. The van der Waals surface area contributed by atoms with Crippen molar-refractivity contribution < 1.29 is 27.4 Å². The first-order chi connectivity index (χ1) is 14.5. The van der Waals surface area contributed by atoms with E-state index in [9.17, 15) is 13.2 Å². The fourth-order valence-electron chi connectivity index (χ4n) is 3.33. The molecule has 0 radical (unpaired) electrons. The molecule has 0 saturated carbocycles. The molecule has 0 aliphatic carbocycles. The van der Waals surface area contributed by atoms with Crippen LogP contribution in [-0.2, 0) is 14.2 Å². The maximum Gasteiger partial charge on any atom is 0.183 e. The molecule has 0 aromatic heterocycles. The number of rotatable bonds is 3.